The van der Waals surface area contributed by atoms with Gasteiger partial charge in [0.05, 0.1) is 15.8 Å². The van der Waals surface area contributed by atoms with Crippen LogP contribution in [0, 0.1) is 0 Å². The van der Waals surface area contributed by atoms with Gasteiger partial charge in [-0.25, -0.2) is 4.98 Å². The van der Waals surface area contributed by atoms with Crippen molar-refractivity contribution in [3.05, 3.63) is 77.9 Å². The number of hydrogen-bond donors (Lipinski definition) is 2. The molecule has 0 saturated heterocycles. The van der Waals surface area contributed by atoms with E-state index in [0.717, 1.165) is 15.2 Å². The van der Waals surface area contributed by atoms with E-state index in [4.69, 9.17) is 0 Å². The zero-order valence-corrected chi connectivity index (χ0v) is 17.4. The van der Waals surface area contributed by atoms with Crippen LogP contribution in [0.4, 0.5) is 5.69 Å². The first kappa shape index (κ1) is 19.2. The van der Waals surface area contributed by atoms with Crippen LogP contribution in [0.25, 0.3) is 20.8 Å². The second-order valence-corrected chi connectivity index (χ2v) is 9.03. The Labute approximate surface area is 173 Å². The highest BCUT2D eigenvalue weighted by Gasteiger charge is 2.15. The lowest BCUT2D eigenvalue weighted by Crippen LogP contribution is -2.14. The molecule has 0 spiro atoms. The molecule has 0 fully saturated rings. The van der Waals surface area contributed by atoms with Crippen molar-refractivity contribution in [2.45, 2.75) is 26.2 Å². The van der Waals surface area contributed by atoms with Gasteiger partial charge in [0.15, 0.2) is 0 Å². The van der Waals surface area contributed by atoms with Gasteiger partial charge in [0.1, 0.15) is 10.8 Å². The summed E-state index contributed by atoms with van der Waals surface area (Å²) < 4.78 is 1.07. The van der Waals surface area contributed by atoms with E-state index >= 15 is 0 Å². The van der Waals surface area contributed by atoms with Crippen molar-refractivity contribution >= 4 is 33.1 Å². The molecule has 1 heterocycles. The molecule has 4 aromatic rings. The number of amides is 1. The topological polar surface area (TPSA) is 62.2 Å². The summed E-state index contributed by atoms with van der Waals surface area (Å²) in [6.45, 7) is 6.41. The van der Waals surface area contributed by atoms with Gasteiger partial charge in [-0.3, -0.25) is 4.79 Å². The second-order valence-electron chi connectivity index (χ2n) is 8.00. The number of rotatable bonds is 3. The van der Waals surface area contributed by atoms with Gasteiger partial charge in [-0.1, -0.05) is 45.0 Å². The van der Waals surface area contributed by atoms with E-state index in [9.17, 15) is 9.90 Å². The fraction of sp³-hybridized carbons (Fsp3) is 0.167. The van der Waals surface area contributed by atoms with Gasteiger partial charge >= 0.3 is 0 Å². The molecule has 29 heavy (non-hydrogen) atoms. The molecule has 0 radical (unpaired) electrons. The second kappa shape index (κ2) is 7.33. The minimum Gasteiger partial charge on any atom is -0.507 e. The molecule has 0 bridgehead atoms. The molecule has 0 aliphatic carbocycles. The number of fused-ring (bicyclic) bond motifs is 1. The summed E-state index contributed by atoms with van der Waals surface area (Å²) in [4.78, 5) is 17.1. The van der Waals surface area contributed by atoms with E-state index in [1.54, 1.807) is 18.2 Å². The van der Waals surface area contributed by atoms with Crippen LogP contribution in [-0.2, 0) is 5.41 Å². The highest BCUT2D eigenvalue weighted by atomic mass is 32.1. The number of phenols is 1. The van der Waals surface area contributed by atoms with Crippen molar-refractivity contribution in [1.82, 2.24) is 4.98 Å². The maximum atomic E-state index is 12.6. The zero-order chi connectivity index (χ0) is 20.6. The van der Waals surface area contributed by atoms with Crippen molar-refractivity contribution < 1.29 is 9.90 Å². The summed E-state index contributed by atoms with van der Waals surface area (Å²) >= 11 is 1.53. The molecule has 146 valence electrons. The number of benzene rings is 3. The summed E-state index contributed by atoms with van der Waals surface area (Å²) in [6.07, 6.45) is 0. The van der Waals surface area contributed by atoms with Crippen molar-refractivity contribution in [2.75, 3.05) is 5.32 Å². The molecular formula is C24H22N2O2S. The van der Waals surface area contributed by atoms with Crippen molar-refractivity contribution in [2.24, 2.45) is 0 Å². The molecule has 0 atom stereocenters. The molecule has 5 heteroatoms. The van der Waals surface area contributed by atoms with E-state index in [1.807, 2.05) is 48.5 Å². The first-order valence-corrected chi connectivity index (χ1v) is 10.2. The predicted octanol–water partition coefficient (Wildman–Crippen LogP) is 6.22. The van der Waals surface area contributed by atoms with Crippen molar-refractivity contribution in [3.63, 3.8) is 0 Å². The van der Waals surface area contributed by atoms with Crippen LogP contribution < -0.4 is 5.32 Å². The number of nitrogens with zero attached hydrogens (tertiary/aromatic N) is 1. The average Bonchev–Trinajstić information content (AvgIpc) is 3.11. The molecule has 0 aliphatic rings. The van der Waals surface area contributed by atoms with Crippen LogP contribution >= 0.6 is 11.3 Å². The number of anilines is 1. The Kier molecular flexibility index (Phi) is 4.84. The third-order valence-corrected chi connectivity index (χ3v) is 5.86. The fourth-order valence-corrected chi connectivity index (χ4v) is 4.10. The lowest BCUT2D eigenvalue weighted by Gasteiger charge is -2.19. The normalized spacial score (nSPS) is 11.6. The van der Waals surface area contributed by atoms with Crippen LogP contribution in [-0.4, -0.2) is 16.0 Å². The van der Waals surface area contributed by atoms with Crippen LogP contribution in [0.3, 0.4) is 0 Å². The molecule has 0 aliphatic heterocycles. The van der Waals surface area contributed by atoms with E-state index in [1.165, 1.54) is 16.9 Å². The van der Waals surface area contributed by atoms with Crippen LogP contribution in [0.2, 0.25) is 0 Å². The molecular weight excluding hydrogens is 380 g/mol. The SMILES string of the molecule is CC(C)(C)c1ccc(C(=O)Nc2ccc(-c3nc4ccccc4s3)c(O)c2)cc1. The monoisotopic (exact) mass is 402 g/mol. The number of para-hydroxylation sites is 1. The third-order valence-electron chi connectivity index (χ3n) is 4.79. The Balaban J connectivity index is 1.54. The first-order valence-electron chi connectivity index (χ1n) is 9.42. The largest absolute Gasteiger partial charge is 0.507 e. The zero-order valence-electron chi connectivity index (χ0n) is 16.6. The quantitative estimate of drug-likeness (QED) is 0.428. The molecule has 1 amide bonds. The maximum absolute atomic E-state index is 12.6. The molecule has 4 rings (SSSR count). The van der Waals surface area contributed by atoms with E-state index in [0.29, 0.717) is 16.8 Å². The summed E-state index contributed by atoms with van der Waals surface area (Å²) in [7, 11) is 0. The predicted molar refractivity (Wildman–Crippen MR) is 120 cm³/mol. The van der Waals surface area contributed by atoms with Crippen LogP contribution in [0.15, 0.2) is 66.7 Å². The van der Waals surface area contributed by atoms with E-state index in [2.05, 4.69) is 31.1 Å². The van der Waals surface area contributed by atoms with Gasteiger partial charge in [-0.05, 0) is 47.4 Å². The third kappa shape index (κ3) is 4.00. The molecule has 0 unspecified atom stereocenters. The van der Waals surface area contributed by atoms with Crippen molar-refractivity contribution in [3.8, 4) is 16.3 Å². The lowest BCUT2D eigenvalue weighted by molar-refractivity contribution is 0.102. The summed E-state index contributed by atoms with van der Waals surface area (Å²) in [5, 5.41) is 14.1. The van der Waals surface area contributed by atoms with Gasteiger partial charge in [0.2, 0.25) is 0 Å². The average molecular weight is 403 g/mol. The highest BCUT2D eigenvalue weighted by molar-refractivity contribution is 7.21. The number of aromatic hydroxyl groups is 1. The fourth-order valence-electron chi connectivity index (χ4n) is 3.10. The van der Waals surface area contributed by atoms with Crippen LogP contribution in [0.1, 0.15) is 36.7 Å². The van der Waals surface area contributed by atoms with Crippen molar-refractivity contribution in [1.29, 1.82) is 0 Å². The van der Waals surface area contributed by atoms with Crippen LogP contribution in [0.5, 0.6) is 5.75 Å². The molecule has 1 aromatic heterocycles. The molecule has 2 N–H and O–H groups in total. The number of hydrogen-bond acceptors (Lipinski definition) is 4. The summed E-state index contributed by atoms with van der Waals surface area (Å²) in [5.41, 5.74) is 3.88. The summed E-state index contributed by atoms with van der Waals surface area (Å²) in [5.74, 6) is -0.123. The number of thiazole rings is 1. The number of phenolic OH excluding ortho intramolecular Hbond substituents is 1. The van der Waals surface area contributed by atoms with Gasteiger partial charge in [0, 0.05) is 17.3 Å². The Morgan fingerprint density at radius 3 is 2.38 bits per heavy atom. The first-order chi connectivity index (χ1) is 13.8. The highest BCUT2D eigenvalue weighted by Crippen LogP contribution is 2.36. The molecule has 4 nitrogen and oxygen atoms in total. The lowest BCUT2D eigenvalue weighted by atomic mass is 9.87. The van der Waals surface area contributed by atoms with E-state index < -0.39 is 0 Å². The Morgan fingerprint density at radius 2 is 1.72 bits per heavy atom. The Hall–Kier alpha value is -3.18. The number of nitrogens with one attached hydrogen (secondary N) is 1. The maximum Gasteiger partial charge on any atom is 0.255 e. The summed E-state index contributed by atoms with van der Waals surface area (Å²) in [6, 6.07) is 20.6. The van der Waals surface area contributed by atoms with E-state index in [-0.39, 0.29) is 17.1 Å². The molecule has 0 saturated carbocycles. The minimum atomic E-state index is -0.211. The minimum absolute atomic E-state index is 0.0389. The number of aromatic nitrogens is 1. The van der Waals surface area contributed by atoms with Gasteiger partial charge in [-0.15, -0.1) is 11.3 Å². The van der Waals surface area contributed by atoms with Gasteiger partial charge in [0.25, 0.3) is 5.91 Å². The molecule has 3 aromatic carbocycles. The smallest absolute Gasteiger partial charge is 0.255 e. The standard InChI is InChI=1S/C24H22N2O2S/c1-24(2,3)16-10-8-15(9-11-16)22(28)25-17-12-13-18(20(27)14-17)23-26-19-6-4-5-7-21(19)29-23/h4-14,27H,1-3H3,(H,25,28). The van der Waals surface area contributed by atoms with Gasteiger partial charge < -0.3 is 10.4 Å². The number of carbonyl (C=O) groups excluding carboxylic acids is 1. The Morgan fingerprint density at radius 1 is 1.00 bits per heavy atom. The number of carbonyl (C=O) groups is 1. The Bertz CT molecular complexity index is 1150. The van der Waals surface area contributed by atoms with Gasteiger partial charge in [-0.2, -0.15) is 0 Å².